The zero-order chi connectivity index (χ0) is 17.6. The molecule has 0 aliphatic rings. The van der Waals surface area contributed by atoms with E-state index in [2.05, 4.69) is 4.98 Å². The van der Waals surface area contributed by atoms with E-state index in [1.54, 1.807) is 26.2 Å². The zero-order valence-electron chi connectivity index (χ0n) is 14.8. The zero-order valence-corrected chi connectivity index (χ0v) is 14.8. The summed E-state index contributed by atoms with van der Waals surface area (Å²) in [5.41, 5.74) is 0.340. The first-order valence-electron chi connectivity index (χ1n) is 7.72. The molecule has 1 heterocycles. The van der Waals surface area contributed by atoms with Gasteiger partial charge >= 0.3 is 12.1 Å². The Morgan fingerprint density at radius 1 is 1.35 bits per heavy atom. The molecule has 128 valence electrons. The van der Waals surface area contributed by atoms with E-state index in [1.807, 2.05) is 33.8 Å². The summed E-state index contributed by atoms with van der Waals surface area (Å²) in [7, 11) is 1.61. The first-order chi connectivity index (χ1) is 10.6. The lowest BCUT2D eigenvalue weighted by Gasteiger charge is -2.24. The molecule has 1 unspecified atom stereocenters. The predicted molar refractivity (Wildman–Crippen MR) is 88.4 cm³/mol. The van der Waals surface area contributed by atoms with Crippen molar-refractivity contribution >= 4 is 17.9 Å². The number of anilines is 1. The number of esters is 1. The van der Waals surface area contributed by atoms with E-state index in [9.17, 15) is 9.59 Å². The van der Waals surface area contributed by atoms with Crippen LogP contribution in [0.15, 0.2) is 18.3 Å². The van der Waals surface area contributed by atoms with Crippen molar-refractivity contribution in [3.63, 3.8) is 0 Å². The van der Waals surface area contributed by atoms with Crippen molar-refractivity contribution in [1.82, 2.24) is 4.98 Å². The number of aromatic nitrogens is 1. The molecule has 1 rings (SSSR count). The van der Waals surface area contributed by atoms with E-state index in [-0.39, 0.29) is 11.9 Å². The van der Waals surface area contributed by atoms with Crippen LogP contribution in [0.25, 0.3) is 0 Å². The van der Waals surface area contributed by atoms with Gasteiger partial charge in [0.05, 0.1) is 12.5 Å². The predicted octanol–water partition coefficient (Wildman–Crippen LogP) is 3.19. The van der Waals surface area contributed by atoms with Crippen LogP contribution in [0.1, 0.15) is 40.2 Å². The van der Waals surface area contributed by atoms with Gasteiger partial charge in [0.15, 0.2) is 0 Å². The van der Waals surface area contributed by atoms with Gasteiger partial charge in [0, 0.05) is 13.2 Å². The quantitative estimate of drug-likeness (QED) is 0.779. The smallest absolute Gasteiger partial charge is 0.415 e. The summed E-state index contributed by atoms with van der Waals surface area (Å²) in [5.74, 6) is -0.00352. The molecule has 1 aromatic rings. The van der Waals surface area contributed by atoms with Crippen molar-refractivity contribution in [2.24, 2.45) is 5.92 Å². The number of pyridine rings is 1. The number of ether oxygens (including phenoxy) is 2. The number of amides is 1. The molecule has 6 nitrogen and oxygen atoms in total. The number of rotatable bonds is 5. The summed E-state index contributed by atoms with van der Waals surface area (Å²) in [6.07, 6.45) is 1.67. The van der Waals surface area contributed by atoms with E-state index in [4.69, 9.17) is 9.47 Å². The molecule has 0 radical (unpaired) electrons. The topological polar surface area (TPSA) is 68.7 Å². The normalized spacial score (nSPS) is 12.4. The minimum atomic E-state index is -0.568. The average molecular weight is 322 g/mol. The van der Waals surface area contributed by atoms with Gasteiger partial charge in [-0.05, 0) is 51.8 Å². The van der Waals surface area contributed by atoms with Crippen LogP contribution >= 0.6 is 0 Å². The summed E-state index contributed by atoms with van der Waals surface area (Å²) in [6.45, 7) is 9.39. The van der Waals surface area contributed by atoms with Crippen molar-refractivity contribution in [2.75, 3.05) is 18.6 Å². The Bertz CT molecular complexity index is 552. The first-order valence-corrected chi connectivity index (χ1v) is 7.72. The highest BCUT2D eigenvalue weighted by atomic mass is 16.6. The van der Waals surface area contributed by atoms with Crippen molar-refractivity contribution < 1.29 is 19.1 Å². The third-order valence-electron chi connectivity index (χ3n) is 3.05. The Hall–Kier alpha value is -2.11. The fourth-order valence-corrected chi connectivity index (χ4v) is 1.92. The maximum absolute atomic E-state index is 12.1. The first kappa shape index (κ1) is 18.9. The molecule has 0 saturated heterocycles. The van der Waals surface area contributed by atoms with Gasteiger partial charge in [-0.2, -0.15) is 0 Å². The summed E-state index contributed by atoms with van der Waals surface area (Å²) in [6, 6.07) is 3.60. The Morgan fingerprint density at radius 2 is 2.00 bits per heavy atom. The van der Waals surface area contributed by atoms with Crippen molar-refractivity contribution in [3.8, 4) is 0 Å². The standard InChI is InChI=1S/C17H26N2O4/c1-7-22-15(20)12(2)10-13-8-9-18-14(11-13)19(6)16(21)23-17(3,4)5/h8-9,11-12H,7,10H2,1-6H3. The van der Waals surface area contributed by atoms with Crippen molar-refractivity contribution in [1.29, 1.82) is 0 Å². The highest BCUT2D eigenvalue weighted by Gasteiger charge is 2.22. The average Bonchev–Trinajstić information content (AvgIpc) is 2.45. The van der Waals surface area contributed by atoms with Crippen LogP contribution in [0.5, 0.6) is 0 Å². The second kappa shape index (κ2) is 7.94. The fourth-order valence-electron chi connectivity index (χ4n) is 1.92. The van der Waals surface area contributed by atoms with Crippen LogP contribution in [0, 0.1) is 5.92 Å². The van der Waals surface area contributed by atoms with Crippen LogP contribution in [-0.4, -0.2) is 36.3 Å². The summed E-state index contributed by atoms with van der Waals surface area (Å²) >= 11 is 0. The van der Waals surface area contributed by atoms with Gasteiger partial charge in [0.25, 0.3) is 0 Å². The molecule has 0 aliphatic heterocycles. The SMILES string of the molecule is CCOC(=O)C(C)Cc1ccnc(N(C)C(=O)OC(C)(C)C)c1. The van der Waals surface area contributed by atoms with Crippen LogP contribution in [0.3, 0.4) is 0 Å². The lowest BCUT2D eigenvalue weighted by atomic mass is 10.0. The largest absolute Gasteiger partial charge is 0.466 e. The molecule has 0 N–H and O–H groups in total. The molecule has 0 aliphatic carbocycles. The van der Waals surface area contributed by atoms with E-state index in [0.29, 0.717) is 18.8 Å². The maximum Gasteiger partial charge on any atom is 0.415 e. The molecule has 0 aromatic carbocycles. The molecule has 1 aromatic heterocycles. The minimum absolute atomic E-state index is 0.230. The monoisotopic (exact) mass is 322 g/mol. The second-order valence-electron chi connectivity index (χ2n) is 6.42. The Labute approximate surface area is 137 Å². The third-order valence-corrected chi connectivity index (χ3v) is 3.05. The molecule has 0 saturated carbocycles. The summed E-state index contributed by atoms with van der Waals surface area (Å²) in [5, 5.41) is 0. The minimum Gasteiger partial charge on any atom is -0.466 e. The molecule has 0 fully saturated rings. The molecular weight excluding hydrogens is 296 g/mol. The number of hydrogen-bond acceptors (Lipinski definition) is 5. The van der Waals surface area contributed by atoms with Crippen LogP contribution in [0.2, 0.25) is 0 Å². The van der Waals surface area contributed by atoms with Gasteiger partial charge in [0.2, 0.25) is 0 Å². The molecule has 23 heavy (non-hydrogen) atoms. The van der Waals surface area contributed by atoms with Crippen molar-refractivity contribution in [3.05, 3.63) is 23.9 Å². The van der Waals surface area contributed by atoms with Gasteiger partial charge in [-0.25, -0.2) is 9.78 Å². The molecule has 0 bridgehead atoms. The highest BCUT2D eigenvalue weighted by molar-refractivity contribution is 5.86. The Balaban J connectivity index is 2.80. The maximum atomic E-state index is 12.1. The molecule has 1 atom stereocenters. The van der Waals surface area contributed by atoms with Gasteiger partial charge in [-0.15, -0.1) is 0 Å². The van der Waals surface area contributed by atoms with Crippen LogP contribution < -0.4 is 4.90 Å². The van der Waals surface area contributed by atoms with Gasteiger partial charge in [-0.3, -0.25) is 9.69 Å². The molecule has 0 spiro atoms. The molecule has 1 amide bonds. The van der Waals surface area contributed by atoms with Crippen LogP contribution in [-0.2, 0) is 20.7 Å². The lowest BCUT2D eigenvalue weighted by Crippen LogP contribution is -2.34. The van der Waals surface area contributed by atoms with Gasteiger partial charge in [-0.1, -0.05) is 6.92 Å². The van der Waals surface area contributed by atoms with Gasteiger partial charge in [0.1, 0.15) is 11.4 Å². The van der Waals surface area contributed by atoms with E-state index in [1.165, 1.54) is 4.90 Å². The number of carbonyl (C=O) groups excluding carboxylic acids is 2. The third kappa shape index (κ3) is 6.26. The second-order valence-corrected chi connectivity index (χ2v) is 6.42. The molecule has 6 heteroatoms. The number of hydrogen-bond donors (Lipinski definition) is 0. The number of carbonyl (C=O) groups is 2. The van der Waals surface area contributed by atoms with Crippen LogP contribution in [0.4, 0.5) is 10.6 Å². The van der Waals surface area contributed by atoms with Crippen molar-refractivity contribution in [2.45, 2.75) is 46.6 Å². The van der Waals surface area contributed by atoms with E-state index >= 15 is 0 Å². The molecular formula is C17H26N2O4. The van der Waals surface area contributed by atoms with E-state index in [0.717, 1.165) is 5.56 Å². The Morgan fingerprint density at radius 3 is 2.57 bits per heavy atom. The number of nitrogens with zero attached hydrogens (tertiary/aromatic N) is 2. The van der Waals surface area contributed by atoms with Gasteiger partial charge < -0.3 is 9.47 Å². The summed E-state index contributed by atoms with van der Waals surface area (Å²) in [4.78, 5) is 29.3. The van der Waals surface area contributed by atoms with E-state index < -0.39 is 11.7 Å². The summed E-state index contributed by atoms with van der Waals surface area (Å²) < 4.78 is 10.3. The Kier molecular flexibility index (Phi) is 6.54. The highest BCUT2D eigenvalue weighted by Crippen LogP contribution is 2.18. The fraction of sp³-hybridized carbons (Fsp3) is 0.588. The lowest BCUT2D eigenvalue weighted by molar-refractivity contribution is -0.147.